The largest absolute Gasteiger partial charge is 0.393 e. The van der Waals surface area contributed by atoms with Crippen LogP contribution >= 0.6 is 0 Å². The predicted molar refractivity (Wildman–Crippen MR) is 43.3 cm³/mol. The van der Waals surface area contributed by atoms with Crippen LogP contribution in [0.3, 0.4) is 0 Å². The fraction of sp³-hybridized carbons (Fsp3) is 0.429. The highest BCUT2D eigenvalue weighted by Crippen LogP contribution is 2.05. The maximum absolute atomic E-state index is 10.3. The van der Waals surface area contributed by atoms with Crippen molar-refractivity contribution < 1.29 is 4.92 Å². The molecule has 0 fully saturated rings. The number of hydrogen-bond donors (Lipinski definition) is 1. The van der Waals surface area contributed by atoms with Gasteiger partial charge in [-0.25, -0.2) is 0 Å². The summed E-state index contributed by atoms with van der Waals surface area (Å²) >= 11 is 0. The zero-order chi connectivity index (χ0) is 8.85. The van der Waals surface area contributed by atoms with E-state index in [2.05, 4.69) is 0 Å². The quantitative estimate of drug-likeness (QED) is 0.381. The monoisotopic (exact) mass is 156 g/mol. The molecule has 4 nitrogen and oxygen atoms in total. The molecule has 0 aliphatic rings. The van der Waals surface area contributed by atoms with Gasteiger partial charge >= 0.3 is 0 Å². The van der Waals surface area contributed by atoms with E-state index in [1.54, 1.807) is 19.9 Å². The molecule has 0 atom stereocenters. The van der Waals surface area contributed by atoms with Crippen molar-refractivity contribution in [2.24, 2.45) is 5.73 Å². The van der Waals surface area contributed by atoms with E-state index < -0.39 is 4.92 Å². The van der Waals surface area contributed by atoms with E-state index in [0.29, 0.717) is 6.42 Å². The molecule has 0 spiro atoms. The first kappa shape index (κ1) is 9.68. The molecule has 0 aliphatic carbocycles. The van der Waals surface area contributed by atoms with Gasteiger partial charge in [0.05, 0.1) is 4.92 Å². The Morgan fingerprint density at radius 1 is 1.73 bits per heavy atom. The molecule has 2 N–H and O–H groups in total. The van der Waals surface area contributed by atoms with Crippen molar-refractivity contribution in [2.45, 2.75) is 20.3 Å². The van der Waals surface area contributed by atoms with Crippen molar-refractivity contribution in [1.29, 1.82) is 0 Å². The molecular weight excluding hydrogens is 144 g/mol. The second-order valence-electron chi connectivity index (χ2n) is 2.01. The molecule has 62 valence electrons. The Bertz CT molecular complexity index is 206. The van der Waals surface area contributed by atoms with Crippen LogP contribution in [0, 0.1) is 10.1 Å². The number of nitrogens with zero attached hydrogens (tertiary/aromatic N) is 1. The highest BCUT2D eigenvalue weighted by Gasteiger charge is 2.10. The molecule has 0 aliphatic heterocycles. The lowest BCUT2D eigenvalue weighted by atomic mass is 10.2. The molecular formula is C7H12N2O2. The van der Waals surface area contributed by atoms with Gasteiger partial charge in [-0.1, -0.05) is 13.0 Å². The smallest absolute Gasteiger partial charge is 0.268 e. The zero-order valence-corrected chi connectivity index (χ0v) is 6.70. The average molecular weight is 156 g/mol. The first-order valence-electron chi connectivity index (χ1n) is 3.39. The lowest BCUT2D eigenvalue weighted by Crippen LogP contribution is -2.07. The molecule has 0 bridgehead atoms. The van der Waals surface area contributed by atoms with Crippen LogP contribution in [0.4, 0.5) is 0 Å². The standard InChI is InChI=1S/C7H12N2O2/c1-3-5-6(8)7(4-2)9(10)11/h3,5H,4,8H2,1-2H3/b5-3-,7-6-. The van der Waals surface area contributed by atoms with Gasteiger partial charge in [-0.15, -0.1) is 0 Å². The zero-order valence-electron chi connectivity index (χ0n) is 6.70. The first-order valence-corrected chi connectivity index (χ1v) is 3.39. The Kier molecular flexibility index (Phi) is 3.95. The van der Waals surface area contributed by atoms with E-state index in [4.69, 9.17) is 5.73 Å². The Labute approximate surface area is 65.5 Å². The number of allylic oxidation sites excluding steroid dienone is 3. The van der Waals surface area contributed by atoms with E-state index >= 15 is 0 Å². The van der Waals surface area contributed by atoms with Crippen LogP contribution in [0.2, 0.25) is 0 Å². The third-order valence-corrected chi connectivity index (χ3v) is 1.23. The van der Waals surface area contributed by atoms with E-state index in [0.717, 1.165) is 0 Å². The topological polar surface area (TPSA) is 69.2 Å². The number of hydrogen-bond acceptors (Lipinski definition) is 3. The second kappa shape index (κ2) is 4.49. The summed E-state index contributed by atoms with van der Waals surface area (Å²) in [4.78, 5) is 9.83. The van der Waals surface area contributed by atoms with Gasteiger partial charge in [0.15, 0.2) is 0 Å². The van der Waals surface area contributed by atoms with Crippen molar-refractivity contribution >= 4 is 0 Å². The fourth-order valence-corrected chi connectivity index (χ4v) is 0.714. The molecule has 0 aromatic rings. The molecule has 0 unspecified atom stereocenters. The van der Waals surface area contributed by atoms with E-state index in [1.807, 2.05) is 0 Å². The SMILES string of the molecule is C/C=C\C(N)=C(/CC)[N+](=O)[O-]. The molecule has 0 amide bonds. The van der Waals surface area contributed by atoms with Crippen LogP contribution in [0.15, 0.2) is 23.5 Å². The normalized spacial score (nSPS) is 13.3. The average Bonchev–Trinajstić information content (AvgIpc) is 1.88. The van der Waals surface area contributed by atoms with Gasteiger partial charge in [0.25, 0.3) is 5.70 Å². The minimum atomic E-state index is -0.449. The fourth-order valence-electron chi connectivity index (χ4n) is 0.714. The minimum Gasteiger partial charge on any atom is -0.393 e. The second-order valence-corrected chi connectivity index (χ2v) is 2.01. The Hall–Kier alpha value is -1.32. The van der Waals surface area contributed by atoms with E-state index in [9.17, 15) is 10.1 Å². The van der Waals surface area contributed by atoms with Gasteiger partial charge in [0, 0.05) is 6.42 Å². The highest BCUT2D eigenvalue weighted by atomic mass is 16.6. The van der Waals surface area contributed by atoms with Crippen LogP contribution in [0.1, 0.15) is 20.3 Å². The molecule has 4 heteroatoms. The van der Waals surface area contributed by atoms with Crippen LogP contribution in [-0.2, 0) is 0 Å². The Balaban J connectivity index is 4.67. The summed E-state index contributed by atoms with van der Waals surface area (Å²) in [6.45, 7) is 3.47. The van der Waals surface area contributed by atoms with Crippen molar-refractivity contribution in [3.05, 3.63) is 33.7 Å². The molecule has 0 saturated carbocycles. The maximum Gasteiger partial charge on any atom is 0.268 e. The van der Waals surface area contributed by atoms with Gasteiger partial charge in [-0.2, -0.15) is 0 Å². The van der Waals surface area contributed by atoms with Crippen LogP contribution in [-0.4, -0.2) is 4.92 Å². The summed E-state index contributed by atoms with van der Waals surface area (Å²) < 4.78 is 0. The summed E-state index contributed by atoms with van der Waals surface area (Å²) in [5, 5.41) is 10.3. The number of rotatable bonds is 3. The summed E-state index contributed by atoms with van der Waals surface area (Å²) in [5.74, 6) is 0. The Morgan fingerprint density at radius 3 is 2.55 bits per heavy atom. The van der Waals surface area contributed by atoms with Crippen molar-refractivity contribution in [2.75, 3.05) is 0 Å². The van der Waals surface area contributed by atoms with Crippen molar-refractivity contribution in [3.8, 4) is 0 Å². The van der Waals surface area contributed by atoms with Gasteiger partial charge in [0.1, 0.15) is 5.70 Å². The van der Waals surface area contributed by atoms with Crippen molar-refractivity contribution in [3.63, 3.8) is 0 Å². The summed E-state index contributed by atoms with van der Waals surface area (Å²) in [7, 11) is 0. The minimum absolute atomic E-state index is 0.0723. The lowest BCUT2D eigenvalue weighted by Gasteiger charge is -1.95. The lowest BCUT2D eigenvalue weighted by molar-refractivity contribution is -0.428. The van der Waals surface area contributed by atoms with Gasteiger partial charge in [-0.05, 0) is 13.0 Å². The van der Waals surface area contributed by atoms with E-state index in [-0.39, 0.29) is 11.4 Å². The highest BCUT2D eigenvalue weighted by molar-refractivity contribution is 5.17. The van der Waals surface area contributed by atoms with Gasteiger partial charge < -0.3 is 5.73 Å². The number of nitrogens with two attached hydrogens (primary N) is 1. The molecule has 0 aromatic carbocycles. The summed E-state index contributed by atoms with van der Waals surface area (Å²) in [6, 6.07) is 0. The summed E-state index contributed by atoms with van der Waals surface area (Å²) in [6.07, 6.45) is 3.55. The van der Waals surface area contributed by atoms with Gasteiger partial charge in [-0.3, -0.25) is 10.1 Å². The first-order chi connectivity index (χ1) is 5.13. The Morgan fingerprint density at radius 2 is 2.27 bits per heavy atom. The molecule has 0 heterocycles. The van der Waals surface area contributed by atoms with Gasteiger partial charge in [0.2, 0.25) is 0 Å². The maximum atomic E-state index is 10.3. The van der Waals surface area contributed by atoms with Crippen LogP contribution in [0.25, 0.3) is 0 Å². The summed E-state index contributed by atoms with van der Waals surface area (Å²) in [5.41, 5.74) is 5.70. The van der Waals surface area contributed by atoms with Crippen molar-refractivity contribution in [1.82, 2.24) is 0 Å². The third-order valence-electron chi connectivity index (χ3n) is 1.23. The molecule has 11 heavy (non-hydrogen) atoms. The molecule has 0 radical (unpaired) electrons. The number of nitro groups is 1. The predicted octanol–water partition coefficient (Wildman–Crippen LogP) is 1.42. The molecule has 0 aromatic heterocycles. The van der Waals surface area contributed by atoms with Crippen LogP contribution < -0.4 is 5.73 Å². The third kappa shape index (κ3) is 2.84. The van der Waals surface area contributed by atoms with E-state index in [1.165, 1.54) is 6.08 Å². The molecule has 0 rings (SSSR count). The van der Waals surface area contributed by atoms with Crippen LogP contribution in [0.5, 0.6) is 0 Å². The molecule has 0 saturated heterocycles.